The lowest BCUT2D eigenvalue weighted by Crippen LogP contribution is -2.15. The van der Waals surface area contributed by atoms with E-state index in [1.54, 1.807) is 12.1 Å². The maximum atomic E-state index is 9.40. The van der Waals surface area contributed by atoms with Crippen molar-refractivity contribution in [3.8, 4) is 11.5 Å². The summed E-state index contributed by atoms with van der Waals surface area (Å²) in [6, 6.07) is 4.76. The third-order valence-electron chi connectivity index (χ3n) is 1.94. The number of aromatic hydroxyl groups is 2. The highest BCUT2D eigenvalue weighted by molar-refractivity contribution is 5.38. The van der Waals surface area contributed by atoms with Gasteiger partial charge in [0.05, 0.1) is 0 Å². The molecule has 3 heteroatoms. The molecule has 3 nitrogen and oxygen atoms in total. The molecule has 13 heavy (non-hydrogen) atoms. The summed E-state index contributed by atoms with van der Waals surface area (Å²) < 4.78 is 0. The zero-order valence-electron chi connectivity index (χ0n) is 7.70. The van der Waals surface area contributed by atoms with Gasteiger partial charge in [-0.1, -0.05) is 6.07 Å². The second-order valence-electron chi connectivity index (χ2n) is 3.33. The summed E-state index contributed by atoms with van der Waals surface area (Å²) in [6.45, 7) is 1.93. The molecule has 4 N–H and O–H groups in total. The van der Waals surface area contributed by atoms with E-state index in [2.05, 4.69) is 0 Å². The van der Waals surface area contributed by atoms with Gasteiger partial charge in [0.2, 0.25) is 0 Å². The van der Waals surface area contributed by atoms with Gasteiger partial charge in [0.25, 0.3) is 0 Å². The monoisotopic (exact) mass is 181 g/mol. The van der Waals surface area contributed by atoms with Crippen LogP contribution in [0.3, 0.4) is 0 Å². The fraction of sp³-hybridized carbons (Fsp3) is 0.400. The third-order valence-corrected chi connectivity index (χ3v) is 1.94. The summed E-state index contributed by atoms with van der Waals surface area (Å²) in [5.41, 5.74) is 6.42. The van der Waals surface area contributed by atoms with E-state index in [9.17, 15) is 5.11 Å². The van der Waals surface area contributed by atoms with Gasteiger partial charge in [0.1, 0.15) is 11.5 Å². The molecule has 0 amide bonds. The summed E-state index contributed by atoms with van der Waals surface area (Å²) in [7, 11) is 0. The van der Waals surface area contributed by atoms with E-state index in [1.165, 1.54) is 6.07 Å². The Balaban J connectivity index is 2.67. The minimum atomic E-state index is 0.0852. The fourth-order valence-electron chi connectivity index (χ4n) is 1.15. The minimum Gasteiger partial charge on any atom is -0.508 e. The number of phenols is 2. The predicted octanol–water partition coefficient (Wildman–Crippen LogP) is 1.38. The maximum absolute atomic E-state index is 9.40. The van der Waals surface area contributed by atoms with Gasteiger partial charge in [-0.25, -0.2) is 0 Å². The number of rotatable bonds is 3. The van der Waals surface area contributed by atoms with Crippen LogP contribution >= 0.6 is 0 Å². The second-order valence-corrected chi connectivity index (χ2v) is 3.33. The van der Waals surface area contributed by atoms with Gasteiger partial charge in [0.15, 0.2) is 0 Å². The summed E-state index contributed by atoms with van der Waals surface area (Å²) in [5, 5.41) is 18.4. The summed E-state index contributed by atoms with van der Waals surface area (Å²) in [4.78, 5) is 0. The van der Waals surface area contributed by atoms with E-state index in [-0.39, 0.29) is 17.5 Å². The molecule has 0 aliphatic heterocycles. The first kappa shape index (κ1) is 9.86. The minimum absolute atomic E-state index is 0.0852. The van der Waals surface area contributed by atoms with Crippen molar-refractivity contribution < 1.29 is 10.2 Å². The number of hydrogen-bond acceptors (Lipinski definition) is 3. The molecule has 0 heterocycles. The molecule has 0 spiro atoms. The molecule has 0 aliphatic carbocycles. The molecule has 0 radical (unpaired) electrons. The number of phenolic OH excluding ortho intramolecular Hbond substituents is 2. The molecule has 1 rings (SSSR count). The van der Waals surface area contributed by atoms with Crippen LogP contribution in [-0.4, -0.2) is 16.3 Å². The average Bonchev–Trinajstić information content (AvgIpc) is 2.02. The molecule has 0 aliphatic rings. The molecule has 0 aromatic heterocycles. The Kier molecular flexibility index (Phi) is 3.14. The first-order chi connectivity index (χ1) is 6.09. The van der Waals surface area contributed by atoms with E-state index in [4.69, 9.17) is 10.8 Å². The van der Waals surface area contributed by atoms with Crippen molar-refractivity contribution in [2.24, 2.45) is 5.73 Å². The molecule has 1 aromatic rings. The SMILES string of the molecule is CC(N)CCc1ccc(O)cc1O. The lowest BCUT2D eigenvalue weighted by Gasteiger charge is -2.06. The number of aryl methyl sites for hydroxylation is 1. The van der Waals surface area contributed by atoms with Gasteiger partial charge < -0.3 is 15.9 Å². The average molecular weight is 181 g/mol. The molecule has 1 aromatic carbocycles. The Labute approximate surface area is 77.8 Å². The molecule has 0 bridgehead atoms. The Morgan fingerprint density at radius 1 is 1.38 bits per heavy atom. The topological polar surface area (TPSA) is 66.5 Å². The molecular formula is C10H15NO2. The van der Waals surface area contributed by atoms with Crippen molar-refractivity contribution in [2.45, 2.75) is 25.8 Å². The molecule has 1 atom stereocenters. The maximum Gasteiger partial charge on any atom is 0.122 e. The Bertz CT molecular complexity index is 284. The number of nitrogens with two attached hydrogens (primary N) is 1. The van der Waals surface area contributed by atoms with Gasteiger partial charge in [-0.3, -0.25) is 0 Å². The van der Waals surface area contributed by atoms with Crippen LogP contribution in [-0.2, 0) is 6.42 Å². The molecule has 0 fully saturated rings. The molecule has 0 saturated carbocycles. The zero-order valence-corrected chi connectivity index (χ0v) is 7.70. The van der Waals surface area contributed by atoms with E-state index in [1.807, 2.05) is 6.92 Å². The van der Waals surface area contributed by atoms with E-state index < -0.39 is 0 Å². The number of hydrogen-bond donors (Lipinski definition) is 3. The van der Waals surface area contributed by atoms with Crippen LogP contribution in [0.1, 0.15) is 18.9 Å². The lowest BCUT2D eigenvalue weighted by atomic mass is 10.1. The van der Waals surface area contributed by atoms with Crippen molar-refractivity contribution in [3.63, 3.8) is 0 Å². The highest BCUT2D eigenvalue weighted by Gasteiger charge is 2.03. The zero-order chi connectivity index (χ0) is 9.84. The van der Waals surface area contributed by atoms with E-state index in [0.717, 1.165) is 18.4 Å². The van der Waals surface area contributed by atoms with Crippen LogP contribution in [0.25, 0.3) is 0 Å². The standard InChI is InChI=1S/C10H15NO2/c1-7(11)2-3-8-4-5-9(12)6-10(8)13/h4-7,12-13H,2-3,11H2,1H3. The van der Waals surface area contributed by atoms with E-state index in [0.29, 0.717) is 0 Å². The second kappa shape index (κ2) is 4.14. The van der Waals surface area contributed by atoms with Gasteiger partial charge in [-0.05, 0) is 31.4 Å². The highest BCUT2D eigenvalue weighted by atomic mass is 16.3. The van der Waals surface area contributed by atoms with Crippen LogP contribution in [0.5, 0.6) is 11.5 Å². The first-order valence-electron chi connectivity index (χ1n) is 4.36. The Morgan fingerprint density at radius 2 is 2.08 bits per heavy atom. The molecular weight excluding hydrogens is 166 g/mol. The van der Waals surface area contributed by atoms with Crippen molar-refractivity contribution >= 4 is 0 Å². The summed E-state index contributed by atoms with van der Waals surface area (Å²) in [5.74, 6) is 0.225. The summed E-state index contributed by atoms with van der Waals surface area (Å²) >= 11 is 0. The van der Waals surface area contributed by atoms with Crippen LogP contribution in [0.2, 0.25) is 0 Å². The lowest BCUT2D eigenvalue weighted by molar-refractivity contribution is 0.444. The smallest absolute Gasteiger partial charge is 0.122 e. The van der Waals surface area contributed by atoms with Crippen molar-refractivity contribution in [1.29, 1.82) is 0 Å². The first-order valence-corrected chi connectivity index (χ1v) is 4.36. The molecule has 0 saturated heterocycles. The van der Waals surface area contributed by atoms with Crippen LogP contribution in [0.4, 0.5) is 0 Å². The number of benzene rings is 1. The van der Waals surface area contributed by atoms with Crippen molar-refractivity contribution in [1.82, 2.24) is 0 Å². The third kappa shape index (κ3) is 2.95. The van der Waals surface area contributed by atoms with Crippen molar-refractivity contribution in [3.05, 3.63) is 23.8 Å². The van der Waals surface area contributed by atoms with Gasteiger partial charge in [-0.2, -0.15) is 0 Å². The van der Waals surface area contributed by atoms with E-state index >= 15 is 0 Å². The normalized spacial score (nSPS) is 12.8. The fourth-order valence-corrected chi connectivity index (χ4v) is 1.15. The van der Waals surface area contributed by atoms with Gasteiger partial charge in [0, 0.05) is 12.1 Å². The predicted molar refractivity (Wildman–Crippen MR) is 51.7 cm³/mol. The van der Waals surface area contributed by atoms with Crippen LogP contribution < -0.4 is 5.73 Å². The van der Waals surface area contributed by atoms with Gasteiger partial charge in [-0.15, -0.1) is 0 Å². The van der Waals surface area contributed by atoms with Crippen LogP contribution in [0, 0.1) is 0 Å². The molecule has 1 unspecified atom stereocenters. The molecule has 72 valence electrons. The Morgan fingerprint density at radius 3 is 2.62 bits per heavy atom. The van der Waals surface area contributed by atoms with Crippen LogP contribution in [0.15, 0.2) is 18.2 Å². The quantitative estimate of drug-likeness (QED) is 0.660. The summed E-state index contributed by atoms with van der Waals surface area (Å²) in [6.07, 6.45) is 1.57. The largest absolute Gasteiger partial charge is 0.508 e. The highest BCUT2D eigenvalue weighted by Crippen LogP contribution is 2.23. The van der Waals surface area contributed by atoms with Crippen molar-refractivity contribution in [2.75, 3.05) is 0 Å². The Hall–Kier alpha value is -1.22. The van der Waals surface area contributed by atoms with Gasteiger partial charge >= 0.3 is 0 Å².